The Labute approximate surface area is 784 Å². The van der Waals surface area contributed by atoms with E-state index in [2.05, 4.69) is 43.1 Å². The van der Waals surface area contributed by atoms with E-state index in [0.29, 0.717) is 69.2 Å². The van der Waals surface area contributed by atoms with Gasteiger partial charge in [-0.1, -0.05) is 154 Å². The molecule has 0 fully saturated rings. The molecule has 8 aromatic carbocycles. The predicted molar refractivity (Wildman–Crippen MR) is 534 cm³/mol. The smallest absolute Gasteiger partial charge is 0.354 e. The lowest BCUT2D eigenvalue weighted by Crippen LogP contribution is -2.24. The number of ether oxygens (including phenoxy) is 2. The molecule has 0 bridgehead atoms. The van der Waals surface area contributed by atoms with Crippen molar-refractivity contribution in [2.45, 2.75) is 60.5 Å². The van der Waals surface area contributed by atoms with E-state index in [1.165, 1.54) is 54.1 Å². The summed E-state index contributed by atoms with van der Waals surface area (Å²) in [4.78, 5) is 138. The SMILES string of the molecule is C.C=C(OCOP(=O)(O)CCc1nc2ccccc2n(C)c1=O)c1ccccc1.C=C(OCOP(=O)(O)Cc1nc2ccccc2n(C)c1=O)c1ccccc1.CCOP(=O)(/C=C/c1nc2ccccc2n(C)c1=O)OCC.CCOP(=O)(CCc1nc2ccccc2n(C)c1=O)OCC.Cn1c(=O)c(/C=C/P(C)(=O)O)nc2ccccc21.Cn1c(=O)c(CCP(C)(=O)O)nc2ccccc21. The van der Waals surface area contributed by atoms with Gasteiger partial charge >= 0.3 is 30.4 Å². The van der Waals surface area contributed by atoms with Crippen molar-refractivity contribution >= 4 is 135 Å². The van der Waals surface area contributed by atoms with Crippen molar-refractivity contribution in [1.82, 2.24) is 57.3 Å². The summed E-state index contributed by atoms with van der Waals surface area (Å²) in [6.45, 7) is 17.2. The summed E-state index contributed by atoms with van der Waals surface area (Å²) < 4.78 is 122. The second-order valence-electron chi connectivity index (χ2n) is 30.0. The fourth-order valence-electron chi connectivity index (χ4n) is 13.1. The molecule has 36 nitrogen and oxygen atoms in total. The fraction of sp³-hybridized carbons (Fsp3) is 0.277. The third-order valence-corrected chi connectivity index (χ3v) is 28.0. The standard InChI is InChI=1S/C20H21N2O5P.C19H19N2O5P.C15H21N2O4P.C15H19N2O4P.C12H15N2O3P.C12H13N2O3P.CH4/c1-15(16-8-4-3-5-9-16)26-14-27-28(24,25)13-12-18-20(23)22(2)19-11-7-6-10-17(19)21-18;1-14(15-8-4-3-5-9-15)25-13-26-27(23,24)12-17-19(22)21(2)18-11-7-6-10-16(18)20-17;2*1-4-20-22(19,21-5-2)11-10-13-15(18)17(3)14-9-7-6-8-12(14)16-13;2*1-14-11-6-4-3-5-9(11)13-10(12(14)15)7-8-18(2,16)17;/h3-11H,1,12-14H2,2H3,(H,24,25);3-11H,1,12-13H2,2H3,(H,23,24);6-9H,4-5,10-11H2,1-3H3;6-11H,4-5H2,1-3H3;3-6H,7-8H2,1-2H3,(H,16,17);3-8H,1-2H3,(H,16,17);1H4/b;;;11-10+;;8-7+;. The van der Waals surface area contributed by atoms with Gasteiger partial charge in [0.25, 0.3) is 33.4 Å². The lowest BCUT2D eigenvalue weighted by atomic mass is 10.2. The Hall–Kier alpha value is -11.9. The molecule has 4 N–H and O–H groups in total. The van der Waals surface area contributed by atoms with Crippen molar-refractivity contribution in [2.24, 2.45) is 42.3 Å². The Bertz CT molecular complexity index is 7340. The summed E-state index contributed by atoms with van der Waals surface area (Å²) in [5, 5.41) is 0. The molecule has 14 aromatic rings. The highest BCUT2D eigenvalue weighted by atomic mass is 31.2. The molecule has 4 atom stereocenters. The van der Waals surface area contributed by atoms with E-state index in [4.69, 9.17) is 36.6 Å². The van der Waals surface area contributed by atoms with Gasteiger partial charge in [0.05, 0.1) is 111 Å². The molecule has 0 radical (unpaired) electrons. The Morgan fingerprint density at radius 2 is 0.610 bits per heavy atom. The van der Waals surface area contributed by atoms with E-state index in [1.54, 1.807) is 135 Å². The first kappa shape index (κ1) is 109. The van der Waals surface area contributed by atoms with Crippen LogP contribution in [0, 0.1) is 0 Å². The summed E-state index contributed by atoms with van der Waals surface area (Å²) >= 11 is 0. The summed E-state index contributed by atoms with van der Waals surface area (Å²) in [6, 6.07) is 61.8. The van der Waals surface area contributed by atoms with Gasteiger partial charge in [-0.25, -0.2) is 29.9 Å². The van der Waals surface area contributed by atoms with Crippen molar-refractivity contribution in [3.63, 3.8) is 0 Å². The number of aromatic nitrogens is 12. The van der Waals surface area contributed by atoms with E-state index in [9.17, 15) is 75.7 Å². The maximum Gasteiger partial charge on any atom is 0.354 e. The molecule has 136 heavy (non-hydrogen) atoms. The van der Waals surface area contributed by atoms with Gasteiger partial charge in [0.15, 0.2) is 21.0 Å². The minimum Gasteiger partial charge on any atom is -0.467 e. The number of nitrogens with zero attached hydrogens (tertiary/aromatic N) is 12. The lowest BCUT2D eigenvalue weighted by Gasteiger charge is -2.16. The highest BCUT2D eigenvalue weighted by molar-refractivity contribution is 7.60. The number of hydrogen-bond acceptors (Lipinski definition) is 26. The van der Waals surface area contributed by atoms with Crippen LogP contribution in [0.5, 0.6) is 0 Å². The van der Waals surface area contributed by atoms with Crippen LogP contribution in [0.15, 0.2) is 260 Å². The maximum absolute atomic E-state index is 12.5. The van der Waals surface area contributed by atoms with E-state index >= 15 is 0 Å². The summed E-state index contributed by atoms with van der Waals surface area (Å²) in [5.41, 5.74) is 9.40. The average Bonchev–Trinajstić information content (AvgIpc) is 0.814. The van der Waals surface area contributed by atoms with Gasteiger partial charge in [0.1, 0.15) is 45.7 Å². The molecular formula is C94H112N12O24P6. The molecule has 722 valence electrons. The van der Waals surface area contributed by atoms with Gasteiger partial charge in [-0.05, 0) is 113 Å². The molecular weight excluding hydrogens is 1870 g/mol. The third kappa shape index (κ3) is 31.3. The normalized spacial score (nSPS) is 13.2. The van der Waals surface area contributed by atoms with Crippen LogP contribution < -0.4 is 33.4 Å². The van der Waals surface area contributed by atoms with E-state index in [1.807, 2.05) is 146 Å². The highest BCUT2D eigenvalue weighted by Crippen LogP contribution is 2.51. The average molecular weight is 1980 g/mol. The minimum absolute atomic E-state index is 0. The molecule has 0 spiro atoms. The molecule has 4 unspecified atom stereocenters. The first-order valence-electron chi connectivity index (χ1n) is 42.1. The molecule has 0 aliphatic rings. The second-order valence-corrected chi connectivity index (χ2v) is 42.7. The quantitative estimate of drug-likeness (QED) is 0.0169. The van der Waals surface area contributed by atoms with Crippen molar-refractivity contribution < 1.29 is 83.6 Å². The zero-order valence-electron chi connectivity index (χ0n) is 76.5. The Balaban J connectivity index is 0.000000202. The third-order valence-electron chi connectivity index (χ3n) is 19.9. The Kier molecular flexibility index (Phi) is 40.5. The maximum atomic E-state index is 12.5. The lowest BCUT2D eigenvalue weighted by molar-refractivity contribution is 0.0832. The van der Waals surface area contributed by atoms with Crippen molar-refractivity contribution in [2.75, 3.05) is 71.8 Å². The molecule has 0 aliphatic heterocycles. The monoisotopic (exact) mass is 1980 g/mol. The molecule has 42 heteroatoms. The first-order chi connectivity index (χ1) is 64.0. The molecule has 14 rings (SSSR count). The van der Waals surface area contributed by atoms with E-state index in [-0.39, 0.29) is 109 Å². The van der Waals surface area contributed by atoms with Crippen molar-refractivity contribution in [3.05, 3.63) is 338 Å². The highest BCUT2D eigenvalue weighted by Gasteiger charge is 2.28. The second kappa shape index (κ2) is 50.3. The molecule has 0 saturated carbocycles. The number of hydrogen-bond donors (Lipinski definition) is 4. The van der Waals surface area contributed by atoms with Crippen LogP contribution >= 0.6 is 45.1 Å². The van der Waals surface area contributed by atoms with E-state index < -0.39 is 70.4 Å². The molecule has 0 amide bonds. The van der Waals surface area contributed by atoms with Crippen LogP contribution in [0.3, 0.4) is 0 Å². The van der Waals surface area contributed by atoms with Gasteiger partial charge in [0.2, 0.25) is 7.37 Å². The minimum atomic E-state index is -4.13. The molecule has 6 heterocycles. The van der Waals surface area contributed by atoms with Gasteiger partial charge in [-0.3, -0.25) is 65.2 Å². The van der Waals surface area contributed by atoms with Gasteiger partial charge in [0, 0.05) is 104 Å². The zero-order chi connectivity index (χ0) is 98.6. The molecule has 0 saturated heterocycles. The van der Waals surface area contributed by atoms with Gasteiger partial charge < -0.3 is 74.5 Å². The predicted octanol–water partition coefficient (Wildman–Crippen LogP) is 16.3. The number of benzene rings is 8. The van der Waals surface area contributed by atoms with Gasteiger partial charge in [-0.2, -0.15) is 0 Å². The Morgan fingerprint density at radius 1 is 0.338 bits per heavy atom. The van der Waals surface area contributed by atoms with Crippen molar-refractivity contribution in [1.29, 1.82) is 0 Å². The van der Waals surface area contributed by atoms with Crippen LogP contribution in [0.2, 0.25) is 0 Å². The first-order valence-corrected chi connectivity index (χ1v) is 53.5. The fourth-order valence-corrected chi connectivity index (χ4v) is 18.7. The Morgan fingerprint density at radius 3 is 0.934 bits per heavy atom. The number of aryl methyl sites for hydroxylation is 9. The number of fused-ring (bicyclic) bond motifs is 6. The molecule has 0 aliphatic carbocycles. The van der Waals surface area contributed by atoms with Crippen LogP contribution in [-0.4, -0.2) is 149 Å². The summed E-state index contributed by atoms with van der Waals surface area (Å²) in [6.07, 6.45) is 2.68. The van der Waals surface area contributed by atoms with Crippen LogP contribution in [0.4, 0.5) is 0 Å². The molecule has 6 aromatic heterocycles. The van der Waals surface area contributed by atoms with Crippen LogP contribution in [0.25, 0.3) is 89.9 Å². The van der Waals surface area contributed by atoms with Crippen molar-refractivity contribution in [3.8, 4) is 0 Å². The number of para-hydroxylation sites is 12. The summed E-state index contributed by atoms with van der Waals surface area (Å²) in [7, 11) is -11.1. The zero-order valence-corrected chi connectivity index (χ0v) is 81.9. The van der Waals surface area contributed by atoms with E-state index in [0.717, 1.165) is 50.0 Å². The van der Waals surface area contributed by atoms with Gasteiger partial charge in [-0.15, -0.1) is 0 Å². The number of rotatable bonds is 33. The summed E-state index contributed by atoms with van der Waals surface area (Å²) in [5.74, 6) is 3.06. The van der Waals surface area contributed by atoms with Crippen LogP contribution in [0.1, 0.15) is 80.4 Å². The largest absolute Gasteiger partial charge is 0.467 e. The topological polar surface area (TPSA) is 467 Å². The van der Waals surface area contributed by atoms with Crippen LogP contribution in [-0.2, 0) is 132 Å².